The number of rotatable bonds is 2. The first-order valence-electron chi connectivity index (χ1n) is 5.85. The Balaban J connectivity index is 2.01. The van der Waals surface area contributed by atoms with Gasteiger partial charge in [0.15, 0.2) is 5.88 Å². The van der Waals surface area contributed by atoms with Gasteiger partial charge in [-0.2, -0.15) is 0 Å². The van der Waals surface area contributed by atoms with Gasteiger partial charge < -0.3 is 9.67 Å². The Kier molecular flexibility index (Phi) is 3.03. The SMILES string of the molecule is Oc1c2ccc(Br)cc2cn1Cc1ccc(F)cc1. The van der Waals surface area contributed by atoms with Crippen LogP contribution in [0.3, 0.4) is 0 Å². The molecule has 0 spiro atoms. The molecule has 0 aliphatic heterocycles. The van der Waals surface area contributed by atoms with Crippen molar-refractivity contribution in [3.63, 3.8) is 0 Å². The van der Waals surface area contributed by atoms with E-state index in [1.54, 1.807) is 16.7 Å². The maximum atomic E-state index is 12.9. The summed E-state index contributed by atoms with van der Waals surface area (Å²) in [6.45, 7) is 0.512. The molecular weight excluding hydrogens is 309 g/mol. The Morgan fingerprint density at radius 1 is 1.11 bits per heavy atom. The second-order valence-electron chi connectivity index (χ2n) is 4.44. The molecule has 2 aromatic carbocycles. The van der Waals surface area contributed by atoms with Crippen molar-refractivity contribution in [2.45, 2.75) is 6.54 Å². The van der Waals surface area contributed by atoms with Gasteiger partial charge in [0.05, 0.1) is 6.54 Å². The lowest BCUT2D eigenvalue weighted by atomic mass is 10.2. The quantitative estimate of drug-likeness (QED) is 0.748. The molecule has 1 N–H and O–H groups in total. The molecule has 0 unspecified atom stereocenters. The molecule has 19 heavy (non-hydrogen) atoms. The van der Waals surface area contributed by atoms with E-state index < -0.39 is 0 Å². The highest BCUT2D eigenvalue weighted by atomic mass is 79.9. The van der Waals surface area contributed by atoms with Gasteiger partial charge in [0.1, 0.15) is 5.82 Å². The van der Waals surface area contributed by atoms with E-state index >= 15 is 0 Å². The van der Waals surface area contributed by atoms with Crippen LogP contribution in [0.5, 0.6) is 5.88 Å². The van der Waals surface area contributed by atoms with Crippen LogP contribution in [0.1, 0.15) is 5.56 Å². The van der Waals surface area contributed by atoms with Crippen LogP contribution >= 0.6 is 15.9 Å². The molecule has 2 nitrogen and oxygen atoms in total. The zero-order valence-corrected chi connectivity index (χ0v) is 11.6. The maximum absolute atomic E-state index is 12.9. The van der Waals surface area contributed by atoms with E-state index in [0.29, 0.717) is 6.54 Å². The van der Waals surface area contributed by atoms with Crippen molar-refractivity contribution in [3.8, 4) is 5.88 Å². The number of hydrogen-bond acceptors (Lipinski definition) is 1. The van der Waals surface area contributed by atoms with Gasteiger partial charge in [-0.25, -0.2) is 4.39 Å². The molecule has 0 fully saturated rings. The molecule has 1 aromatic heterocycles. The second-order valence-corrected chi connectivity index (χ2v) is 5.35. The fourth-order valence-corrected chi connectivity index (χ4v) is 2.51. The third-order valence-electron chi connectivity index (χ3n) is 3.09. The first-order chi connectivity index (χ1) is 9.13. The number of aromatic hydroxyl groups is 1. The van der Waals surface area contributed by atoms with Crippen molar-refractivity contribution in [2.24, 2.45) is 0 Å². The number of nitrogens with zero attached hydrogens (tertiary/aromatic N) is 1. The minimum Gasteiger partial charge on any atom is -0.494 e. The van der Waals surface area contributed by atoms with Crippen LogP contribution in [-0.2, 0) is 6.54 Å². The smallest absolute Gasteiger partial charge is 0.199 e. The van der Waals surface area contributed by atoms with E-state index in [4.69, 9.17) is 0 Å². The lowest BCUT2D eigenvalue weighted by molar-refractivity contribution is 0.430. The average molecular weight is 320 g/mol. The molecule has 4 heteroatoms. The topological polar surface area (TPSA) is 25.2 Å². The fourth-order valence-electron chi connectivity index (χ4n) is 2.13. The first kappa shape index (κ1) is 12.2. The maximum Gasteiger partial charge on any atom is 0.199 e. The molecule has 0 radical (unpaired) electrons. The molecule has 3 rings (SSSR count). The summed E-state index contributed by atoms with van der Waals surface area (Å²) in [5.41, 5.74) is 0.941. The molecule has 0 saturated carbocycles. The van der Waals surface area contributed by atoms with Crippen LogP contribution < -0.4 is 0 Å². The lowest BCUT2D eigenvalue weighted by Gasteiger charge is -2.04. The van der Waals surface area contributed by atoms with Gasteiger partial charge in [-0.05, 0) is 35.9 Å². The summed E-state index contributed by atoms with van der Waals surface area (Å²) in [4.78, 5) is 0. The van der Waals surface area contributed by atoms with E-state index in [-0.39, 0.29) is 11.7 Å². The van der Waals surface area contributed by atoms with Crippen LogP contribution in [0.25, 0.3) is 10.8 Å². The van der Waals surface area contributed by atoms with E-state index in [1.807, 2.05) is 24.4 Å². The fraction of sp³-hybridized carbons (Fsp3) is 0.0667. The standard InChI is InChI=1S/C15H11BrFNO/c16-12-3-6-14-11(7-12)9-18(15(14)19)8-10-1-4-13(17)5-2-10/h1-7,9,19H,8H2. The molecule has 0 amide bonds. The molecule has 0 bridgehead atoms. The summed E-state index contributed by atoms with van der Waals surface area (Å²) < 4.78 is 15.6. The monoisotopic (exact) mass is 319 g/mol. The summed E-state index contributed by atoms with van der Waals surface area (Å²) >= 11 is 3.41. The Morgan fingerprint density at radius 2 is 1.84 bits per heavy atom. The Labute approximate surface area is 118 Å². The van der Waals surface area contributed by atoms with Gasteiger partial charge >= 0.3 is 0 Å². The Bertz CT molecular complexity index is 734. The van der Waals surface area contributed by atoms with E-state index in [2.05, 4.69) is 15.9 Å². The van der Waals surface area contributed by atoms with Gasteiger partial charge in [0.25, 0.3) is 0 Å². The molecule has 3 aromatic rings. The summed E-state index contributed by atoms with van der Waals surface area (Å²) in [5.74, 6) is -0.0265. The predicted molar refractivity (Wildman–Crippen MR) is 76.8 cm³/mol. The highest BCUT2D eigenvalue weighted by molar-refractivity contribution is 9.10. The van der Waals surface area contributed by atoms with Gasteiger partial charge in [0, 0.05) is 21.4 Å². The van der Waals surface area contributed by atoms with Crippen LogP contribution in [0.15, 0.2) is 53.1 Å². The van der Waals surface area contributed by atoms with Gasteiger partial charge in [-0.1, -0.05) is 28.1 Å². The number of hydrogen-bond donors (Lipinski definition) is 1. The minimum atomic E-state index is -0.255. The van der Waals surface area contributed by atoms with Gasteiger partial charge in [-0.3, -0.25) is 0 Å². The van der Waals surface area contributed by atoms with Crippen LogP contribution in [-0.4, -0.2) is 9.67 Å². The molecule has 96 valence electrons. The molecule has 0 atom stereocenters. The van der Waals surface area contributed by atoms with E-state index in [9.17, 15) is 9.50 Å². The average Bonchev–Trinajstić information content (AvgIpc) is 2.68. The van der Waals surface area contributed by atoms with Gasteiger partial charge in [0.2, 0.25) is 0 Å². The van der Waals surface area contributed by atoms with Crippen molar-refractivity contribution in [1.29, 1.82) is 0 Å². The molecule has 0 aliphatic carbocycles. The third kappa shape index (κ3) is 2.36. The zero-order chi connectivity index (χ0) is 13.4. The molecule has 0 saturated heterocycles. The van der Waals surface area contributed by atoms with Crippen molar-refractivity contribution in [3.05, 3.63) is 64.5 Å². The number of benzene rings is 2. The zero-order valence-electron chi connectivity index (χ0n) is 9.98. The van der Waals surface area contributed by atoms with Crippen molar-refractivity contribution in [2.75, 3.05) is 0 Å². The van der Waals surface area contributed by atoms with E-state index in [1.165, 1.54) is 12.1 Å². The summed E-state index contributed by atoms with van der Waals surface area (Å²) in [6, 6.07) is 12.0. The highest BCUT2D eigenvalue weighted by Crippen LogP contribution is 2.30. The summed E-state index contributed by atoms with van der Waals surface area (Å²) in [5, 5.41) is 11.9. The van der Waals surface area contributed by atoms with Crippen LogP contribution in [0.2, 0.25) is 0 Å². The van der Waals surface area contributed by atoms with Crippen LogP contribution in [0, 0.1) is 5.82 Å². The van der Waals surface area contributed by atoms with Crippen molar-refractivity contribution < 1.29 is 9.50 Å². The van der Waals surface area contributed by atoms with Crippen molar-refractivity contribution in [1.82, 2.24) is 4.57 Å². The highest BCUT2D eigenvalue weighted by Gasteiger charge is 2.08. The van der Waals surface area contributed by atoms with Crippen molar-refractivity contribution >= 4 is 26.7 Å². The molecular formula is C15H11BrFNO. The minimum absolute atomic E-state index is 0.229. The van der Waals surface area contributed by atoms with Crippen LogP contribution in [0.4, 0.5) is 4.39 Å². The summed E-state index contributed by atoms with van der Waals surface area (Å²) in [7, 11) is 0. The molecule has 0 aliphatic rings. The molecule has 1 heterocycles. The Morgan fingerprint density at radius 3 is 2.58 bits per heavy atom. The Hall–Kier alpha value is -1.81. The third-order valence-corrected chi connectivity index (χ3v) is 3.58. The largest absolute Gasteiger partial charge is 0.494 e. The van der Waals surface area contributed by atoms with E-state index in [0.717, 1.165) is 20.8 Å². The normalized spacial score (nSPS) is 11.1. The second kappa shape index (κ2) is 4.70. The lowest BCUT2D eigenvalue weighted by Crippen LogP contribution is -1.97. The number of fused-ring (bicyclic) bond motifs is 1. The van der Waals surface area contributed by atoms with Gasteiger partial charge in [-0.15, -0.1) is 0 Å². The number of aromatic nitrogens is 1. The number of halogens is 2. The first-order valence-corrected chi connectivity index (χ1v) is 6.64. The predicted octanol–water partition coefficient (Wildman–Crippen LogP) is 4.30. The summed E-state index contributed by atoms with van der Waals surface area (Å²) in [6.07, 6.45) is 1.89.